The zero-order valence-corrected chi connectivity index (χ0v) is 16.9. The second kappa shape index (κ2) is 9.04. The summed E-state index contributed by atoms with van der Waals surface area (Å²) in [6, 6.07) is 5.58. The predicted octanol–water partition coefficient (Wildman–Crippen LogP) is 1.32. The van der Waals surface area contributed by atoms with Crippen LogP contribution in [-0.2, 0) is 0 Å². The molecule has 0 bridgehead atoms. The second-order valence-corrected chi connectivity index (χ2v) is 8.05. The monoisotopic (exact) mass is 375 g/mol. The highest BCUT2D eigenvalue weighted by atomic mass is 16.5. The second-order valence-electron chi connectivity index (χ2n) is 8.05. The van der Waals surface area contributed by atoms with Gasteiger partial charge in [-0.1, -0.05) is 0 Å². The van der Waals surface area contributed by atoms with Gasteiger partial charge >= 0.3 is 0 Å². The SMILES string of the molecule is COc1ccc(C(=O)N2CC(CO)C(CN3CCCN(C)CC3)C2)cc1C. The zero-order valence-electron chi connectivity index (χ0n) is 16.9. The molecule has 2 aliphatic heterocycles. The normalized spacial score (nSPS) is 24.8. The Hall–Kier alpha value is -1.63. The number of carbonyl (C=O) groups excluding carboxylic acids is 1. The third-order valence-corrected chi connectivity index (χ3v) is 6.04. The average molecular weight is 376 g/mol. The van der Waals surface area contributed by atoms with Crippen LogP contribution in [0.25, 0.3) is 0 Å². The zero-order chi connectivity index (χ0) is 19.4. The van der Waals surface area contributed by atoms with Crippen LogP contribution in [0.5, 0.6) is 5.75 Å². The van der Waals surface area contributed by atoms with Crippen LogP contribution in [0.2, 0.25) is 0 Å². The summed E-state index contributed by atoms with van der Waals surface area (Å²) in [6.07, 6.45) is 1.18. The number of likely N-dealkylation sites (tertiary alicyclic amines) is 1. The fraction of sp³-hybridized carbons (Fsp3) is 0.667. The van der Waals surface area contributed by atoms with E-state index in [4.69, 9.17) is 4.74 Å². The molecule has 2 unspecified atom stereocenters. The van der Waals surface area contributed by atoms with Gasteiger partial charge in [0.25, 0.3) is 5.91 Å². The first-order valence-electron chi connectivity index (χ1n) is 9.97. The van der Waals surface area contributed by atoms with Crippen molar-refractivity contribution in [2.75, 3.05) is 66.6 Å². The van der Waals surface area contributed by atoms with Gasteiger partial charge in [-0.2, -0.15) is 0 Å². The number of carbonyl (C=O) groups is 1. The van der Waals surface area contributed by atoms with Gasteiger partial charge in [-0.05, 0) is 63.2 Å². The van der Waals surface area contributed by atoms with Crippen LogP contribution in [0.1, 0.15) is 22.3 Å². The third-order valence-electron chi connectivity index (χ3n) is 6.04. The van der Waals surface area contributed by atoms with E-state index in [1.54, 1.807) is 7.11 Å². The smallest absolute Gasteiger partial charge is 0.253 e. The predicted molar refractivity (Wildman–Crippen MR) is 106 cm³/mol. The van der Waals surface area contributed by atoms with E-state index < -0.39 is 0 Å². The Labute approximate surface area is 162 Å². The molecular formula is C21H33N3O3. The van der Waals surface area contributed by atoms with Crippen LogP contribution in [0.4, 0.5) is 0 Å². The summed E-state index contributed by atoms with van der Waals surface area (Å²) in [7, 11) is 3.81. The highest BCUT2D eigenvalue weighted by Crippen LogP contribution is 2.27. The van der Waals surface area contributed by atoms with Crippen molar-refractivity contribution >= 4 is 5.91 Å². The minimum Gasteiger partial charge on any atom is -0.496 e. The molecule has 1 aromatic carbocycles. The molecule has 6 nitrogen and oxygen atoms in total. The van der Waals surface area contributed by atoms with Crippen LogP contribution in [0.15, 0.2) is 18.2 Å². The largest absolute Gasteiger partial charge is 0.496 e. The topological polar surface area (TPSA) is 56.2 Å². The fourth-order valence-corrected chi connectivity index (χ4v) is 4.33. The van der Waals surface area contributed by atoms with Crippen molar-refractivity contribution in [2.45, 2.75) is 13.3 Å². The lowest BCUT2D eigenvalue weighted by molar-refractivity contribution is 0.0779. The van der Waals surface area contributed by atoms with E-state index in [0.717, 1.165) is 50.6 Å². The molecule has 1 aromatic rings. The van der Waals surface area contributed by atoms with E-state index in [1.807, 2.05) is 30.0 Å². The number of ether oxygens (including phenoxy) is 1. The molecule has 0 spiro atoms. The van der Waals surface area contributed by atoms with E-state index in [2.05, 4.69) is 16.8 Å². The minimum absolute atomic E-state index is 0.0531. The lowest BCUT2D eigenvalue weighted by Gasteiger charge is -2.26. The summed E-state index contributed by atoms with van der Waals surface area (Å²) in [5.41, 5.74) is 1.66. The van der Waals surface area contributed by atoms with E-state index in [9.17, 15) is 9.90 Å². The van der Waals surface area contributed by atoms with Gasteiger partial charge in [0.05, 0.1) is 7.11 Å². The molecule has 2 atom stereocenters. The van der Waals surface area contributed by atoms with Crippen molar-refractivity contribution in [3.63, 3.8) is 0 Å². The summed E-state index contributed by atoms with van der Waals surface area (Å²) in [4.78, 5) is 19.8. The Balaban J connectivity index is 1.64. The van der Waals surface area contributed by atoms with Crippen molar-refractivity contribution in [1.29, 1.82) is 0 Å². The van der Waals surface area contributed by atoms with Gasteiger partial charge in [-0.15, -0.1) is 0 Å². The molecule has 2 heterocycles. The van der Waals surface area contributed by atoms with Crippen molar-refractivity contribution in [1.82, 2.24) is 14.7 Å². The van der Waals surface area contributed by atoms with Gasteiger partial charge in [0.1, 0.15) is 5.75 Å². The first kappa shape index (κ1) is 20.1. The van der Waals surface area contributed by atoms with Crippen molar-refractivity contribution in [3.8, 4) is 5.75 Å². The number of likely N-dealkylation sites (N-methyl/N-ethyl adjacent to an activating group) is 1. The van der Waals surface area contributed by atoms with Crippen LogP contribution >= 0.6 is 0 Å². The first-order chi connectivity index (χ1) is 13.0. The molecule has 6 heteroatoms. The van der Waals surface area contributed by atoms with Gasteiger partial charge in [-0.25, -0.2) is 0 Å². The average Bonchev–Trinajstić information content (AvgIpc) is 2.96. The summed E-state index contributed by atoms with van der Waals surface area (Å²) < 4.78 is 5.29. The summed E-state index contributed by atoms with van der Waals surface area (Å²) in [5, 5.41) is 9.86. The van der Waals surface area contributed by atoms with E-state index in [-0.39, 0.29) is 18.4 Å². The Morgan fingerprint density at radius 3 is 2.67 bits per heavy atom. The molecule has 1 amide bonds. The third kappa shape index (κ3) is 4.81. The number of aliphatic hydroxyl groups excluding tert-OH is 1. The highest BCUT2D eigenvalue weighted by Gasteiger charge is 2.36. The van der Waals surface area contributed by atoms with E-state index >= 15 is 0 Å². The Bertz CT molecular complexity index is 652. The van der Waals surface area contributed by atoms with E-state index in [0.29, 0.717) is 18.0 Å². The molecule has 2 fully saturated rings. The van der Waals surface area contributed by atoms with Gasteiger partial charge in [0.2, 0.25) is 0 Å². The molecular weight excluding hydrogens is 342 g/mol. The van der Waals surface area contributed by atoms with Gasteiger partial charge in [0.15, 0.2) is 0 Å². The standard InChI is InChI=1S/C21H33N3O3/c1-16-11-17(5-6-20(16)27-3)21(26)24-13-18(19(14-24)15-25)12-23-8-4-7-22(2)9-10-23/h5-6,11,18-19,25H,4,7-10,12-15H2,1-3H3. The number of rotatable bonds is 5. The lowest BCUT2D eigenvalue weighted by atomic mass is 9.96. The Kier molecular flexibility index (Phi) is 6.73. The molecule has 0 aliphatic carbocycles. The molecule has 0 saturated carbocycles. The number of hydrogen-bond donors (Lipinski definition) is 1. The summed E-state index contributed by atoms with van der Waals surface area (Å²) in [6.45, 7) is 8.82. The van der Waals surface area contributed by atoms with Crippen LogP contribution in [0.3, 0.4) is 0 Å². The van der Waals surface area contributed by atoms with Crippen LogP contribution in [0, 0.1) is 18.8 Å². The molecule has 3 rings (SSSR count). The van der Waals surface area contributed by atoms with Crippen LogP contribution < -0.4 is 4.74 Å². The first-order valence-corrected chi connectivity index (χ1v) is 9.97. The van der Waals surface area contributed by atoms with Crippen molar-refractivity contribution in [2.24, 2.45) is 11.8 Å². The van der Waals surface area contributed by atoms with Gasteiger partial charge < -0.3 is 24.5 Å². The minimum atomic E-state index is 0.0531. The molecule has 2 saturated heterocycles. The van der Waals surface area contributed by atoms with Crippen LogP contribution in [-0.4, -0.2) is 92.3 Å². The maximum atomic E-state index is 13.0. The van der Waals surface area contributed by atoms with Crippen molar-refractivity contribution in [3.05, 3.63) is 29.3 Å². The molecule has 27 heavy (non-hydrogen) atoms. The number of aliphatic hydroxyl groups is 1. The number of aryl methyl sites for hydroxylation is 1. The Morgan fingerprint density at radius 2 is 1.96 bits per heavy atom. The van der Waals surface area contributed by atoms with Gasteiger partial charge in [-0.3, -0.25) is 4.79 Å². The lowest BCUT2D eigenvalue weighted by Crippen LogP contribution is -2.36. The number of benzene rings is 1. The maximum Gasteiger partial charge on any atom is 0.253 e. The van der Waals surface area contributed by atoms with Gasteiger partial charge in [0, 0.05) is 50.8 Å². The molecule has 150 valence electrons. The molecule has 1 N–H and O–H groups in total. The molecule has 2 aliphatic rings. The highest BCUT2D eigenvalue weighted by molar-refractivity contribution is 5.94. The number of nitrogens with zero attached hydrogens (tertiary/aromatic N) is 3. The Morgan fingerprint density at radius 1 is 1.19 bits per heavy atom. The molecule has 0 aromatic heterocycles. The molecule has 0 radical (unpaired) electrons. The summed E-state index contributed by atoms with van der Waals surface area (Å²) >= 11 is 0. The van der Waals surface area contributed by atoms with Crippen molar-refractivity contribution < 1.29 is 14.6 Å². The summed E-state index contributed by atoms with van der Waals surface area (Å²) in [5.74, 6) is 1.35. The fourth-order valence-electron chi connectivity index (χ4n) is 4.33. The van der Waals surface area contributed by atoms with E-state index in [1.165, 1.54) is 6.42 Å². The quantitative estimate of drug-likeness (QED) is 0.841. The number of amides is 1. The maximum absolute atomic E-state index is 13.0. The number of hydrogen-bond acceptors (Lipinski definition) is 5. The number of methoxy groups -OCH3 is 1.